The predicted molar refractivity (Wildman–Crippen MR) is 65.4 cm³/mol. The van der Waals surface area contributed by atoms with Crippen molar-refractivity contribution in [2.45, 2.75) is 13.5 Å². The van der Waals surface area contributed by atoms with E-state index in [2.05, 4.69) is 15.0 Å². The zero-order valence-corrected chi connectivity index (χ0v) is 10.0. The molecule has 0 unspecified atom stereocenters. The molecule has 0 aliphatic heterocycles. The van der Waals surface area contributed by atoms with Gasteiger partial charge in [-0.2, -0.15) is 0 Å². The van der Waals surface area contributed by atoms with Crippen LogP contribution in [0.3, 0.4) is 0 Å². The number of aryl methyl sites for hydroxylation is 1. The maximum absolute atomic E-state index is 5.81. The van der Waals surface area contributed by atoms with E-state index in [0.717, 1.165) is 18.1 Å². The topological polar surface area (TPSA) is 67.9 Å². The lowest BCUT2D eigenvalue weighted by atomic mass is 10.3. The molecular weight excluding hydrogens is 222 g/mol. The van der Waals surface area contributed by atoms with Gasteiger partial charge in [0.05, 0.1) is 29.6 Å². The molecule has 0 aromatic carbocycles. The van der Waals surface area contributed by atoms with Crippen molar-refractivity contribution in [2.24, 2.45) is 0 Å². The Hall–Kier alpha value is -1.69. The molecule has 2 aromatic heterocycles. The van der Waals surface area contributed by atoms with E-state index < -0.39 is 0 Å². The number of nitrogens with zero attached hydrogens (tertiary/aromatic N) is 4. The molecule has 6 heteroatoms. The zero-order chi connectivity index (χ0) is 11.5. The van der Waals surface area contributed by atoms with Crippen LogP contribution in [0.15, 0.2) is 18.0 Å². The molecule has 0 saturated heterocycles. The fourth-order valence-electron chi connectivity index (χ4n) is 1.42. The van der Waals surface area contributed by atoms with Crippen molar-refractivity contribution >= 4 is 22.8 Å². The van der Waals surface area contributed by atoms with Gasteiger partial charge in [0.2, 0.25) is 0 Å². The van der Waals surface area contributed by atoms with Gasteiger partial charge in [-0.15, -0.1) is 11.3 Å². The highest BCUT2D eigenvalue weighted by Crippen LogP contribution is 2.21. The van der Waals surface area contributed by atoms with Crippen LogP contribution in [-0.2, 0) is 6.54 Å². The van der Waals surface area contributed by atoms with Crippen LogP contribution >= 0.6 is 11.3 Å². The average molecular weight is 235 g/mol. The standard InChI is InChI=1S/C10H13N5S/c1-7-9(16-6-14-7)4-15(2)10-8(11)3-12-5-13-10/h3,5-6H,4,11H2,1-2H3. The fraction of sp³-hybridized carbons (Fsp3) is 0.300. The summed E-state index contributed by atoms with van der Waals surface area (Å²) in [5.41, 5.74) is 9.31. The van der Waals surface area contributed by atoms with Gasteiger partial charge in [-0.3, -0.25) is 0 Å². The Labute approximate surface area is 98.0 Å². The van der Waals surface area contributed by atoms with Gasteiger partial charge in [0.15, 0.2) is 5.82 Å². The van der Waals surface area contributed by atoms with Gasteiger partial charge < -0.3 is 10.6 Å². The molecule has 0 aliphatic rings. The molecule has 0 radical (unpaired) electrons. The summed E-state index contributed by atoms with van der Waals surface area (Å²) in [6.45, 7) is 2.76. The minimum Gasteiger partial charge on any atom is -0.394 e. The highest BCUT2D eigenvalue weighted by Gasteiger charge is 2.10. The van der Waals surface area contributed by atoms with Crippen LogP contribution < -0.4 is 10.6 Å². The largest absolute Gasteiger partial charge is 0.394 e. The van der Waals surface area contributed by atoms with E-state index in [1.165, 1.54) is 11.2 Å². The first kappa shape index (κ1) is 10.8. The normalized spacial score (nSPS) is 10.4. The summed E-state index contributed by atoms with van der Waals surface area (Å²) in [7, 11) is 1.96. The molecule has 0 aliphatic carbocycles. The van der Waals surface area contributed by atoms with Crippen LogP contribution in [0.25, 0.3) is 0 Å². The van der Waals surface area contributed by atoms with Crippen molar-refractivity contribution in [3.63, 3.8) is 0 Å². The molecule has 0 spiro atoms. The number of nitrogen functional groups attached to an aromatic ring is 1. The van der Waals surface area contributed by atoms with Crippen LogP contribution in [-0.4, -0.2) is 22.0 Å². The Bertz CT molecular complexity index is 482. The number of anilines is 2. The third kappa shape index (κ3) is 2.11. The molecule has 0 atom stereocenters. The summed E-state index contributed by atoms with van der Waals surface area (Å²) in [6.07, 6.45) is 3.11. The first-order chi connectivity index (χ1) is 7.68. The second-order valence-corrected chi connectivity index (χ2v) is 4.46. The van der Waals surface area contributed by atoms with Crippen molar-refractivity contribution in [3.05, 3.63) is 28.6 Å². The van der Waals surface area contributed by atoms with E-state index in [9.17, 15) is 0 Å². The summed E-state index contributed by atoms with van der Waals surface area (Å²) in [5.74, 6) is 0.753. The number of nitrogens with two attached hydrogens (primary N) is 1. The van der Waals surface area contributed by atoms with Crippen molar-refractivity contribution in [1.82, 2.24) is 15.0 Å². The number of aromatic nitrogens is 3. The van der Waals surface area contributed by atoms with Gasteiger partial charge in [0.1, 0.15) is 6.33 Å². The van der Waals surface area contributed by atoms with Gasteiger partial charge in [0.25, 0.3) is 0 Å². The second kappa shape index (κ2) is 4.44. The summed E-state index contributed by atoms with van der Waals surface area (Å²) < 4.78 is 0. The Morgan fingerprint density at radius 1 is 1.44 bits per heavy atom. The lowest BCUT2D eigenvalue weighted by Crippen LogP contribution is -2.19. The molecule has 0 amide bonds. The quantitative estimate of drug-likeness (QED) is 0.872. The summed E-state index contributed by atoms with van der Waals surface area (Å²) in [4.78, 5) is 15.5. The van der Waals surface area contributed by atoms with Gasteiger partial charge >= 0.3 is 0 Å². The van der Waals surface area contributed by atoms with Gasteiger partial charge in [-0.25, -0.2) is 15.0 Å². The number of hydrogen-bond donors (Lipinski definition) is 1. The molecular formula is C10H13N5S. The Morgan fingerprint density at radius 3 is 2.88 bits per heavy atom. The molecule has 0 fully saturated rings. The monoisotopic (exact) mass is 235 g/mol. The molecule has 5 nitrogen and oxygen atoms in total. The lowest BCUT2D eigenvalue weighted by molar-refractivity contribution is 0.897. The first-order valence-electron chi connectivity index (χ1n) is 4.84. The van der Waals surface area contributed by atoms with E-state index in [1.54, 1.807) is 17.5 Å². The molecule has 84 valence electrons. The van der Waals surface area contributed by atoms with Gasteiger partial charge in [-0.05, 0) is 6.92 Å². The molecule has 0 saturated carbocycles. The van der Waals surface area contributed by atoms with Crippen LogP contribution in [0.2, 0.25) is 0 Å². The second-order valence-electron chi connectivity index (χ2n) is 3.52. The Kier molecular flexibility index (Phi) is 3.00. The smallest absolute Gasteiger partial charge is 0.155 e. The molecule has 16 heavy (non-hydrogen) atoms. The van der Waals surface area contributed by atoms with E-state index in [1.807, 2.05) is 24.4 Å². The van der Waals surface area contributed by atoms with E-state index in [0.29, 0.717) is 5.69 Å². The molecule has 0 bridgehead atoms. The fourth-order valence-corrected chi connectivity index (χ4v) is 2.25. The maximum Gasteiger partial charge on any atom is 0.155 e. The van der Waals surface area contributed by atoms with E-state index in [4.69, 9.17) is 5.73 Å². The minimum atomic E-state index is 0.590. The SMILES string of the molecule is Cc1ncsc1CN(C)c1ncncc1N. The van der Waals surface area contributed by atoms with Gasteiger partial charge in [0, 0.05) is 11.9 Å². The maximum atomic E-state index is 5.81. The third-order valence-electron chi connectivity index (χ3n) is 2.31. The van der Waals surface area contributed by atoms with Crippen molar-refractivity contribution in [1.29, 1.82) is 0 Å². The number of rotatable bonds is 3. The summed E-state index contributed by atoms with van der Waals surface area (Å²) in [5, 5.41) is 0. The average Bonchev–Trinajstić information content (AvgIpc) is 2.65. The van der Waals surface area contributed by atoms with Crippen molar-refractivity contribution < 1.29 is 0 Å². The molecule has 2 aromatic rings. The predicted octanol–water partition coefficient (Wildman–Crippen LogP) is 1.46. The number of hydrogen-bond acceptors (Lipinski definition) is 6. The molecule has 2 heterocycles. The Balaban J connectivity index is 2.18. The van der Waals surface area contributed by atoms with E-state index >= 15 is 0 Å². The molecule has 2 rings (SSSR count). The zero-order valence-electron chi connectivity index (χ0n) is 9.21. The first-order valence-corrected chi connectivity index (χ1v) is 5.72. The Morgan fingerprint density at radius 2 is 2.25 bits per heavy atom. The molecule has 2 N–H and O–H groups in total. The van der Waals surface area contributed by atoms with Crippen LogP contribution in [0.4, 0.5) is 11.5 Å². The summed E-state index contributed by atoms with van der Waals surface area (Å²) >= 11 is 1.64. The number of thiazole rings is 1. The van der Waals surface area contributed by atoms with Gasteiger partial charge in [-0.1, -0.05) is 0 Å². The minimum absolute atomic E-state index is 0.590. The lowest BCUT2D eigenvalue weighted by Gasteiger charge is -2.18. The third-order valence-corrected chi connectivity index (χ3v) is 3.23. The van der Waals surface area contributed by atoms with Crippen molar-refractivity contribution in [2.75, 3.05) is 17.7 Å². The van der Waals surface area contributed by atoms with Crippen LogP contribution in [0.5, 0.6) is 0 Å². The highest BCUT2D eigenvalue weighted by atomic mass is 32.1. The van der Waals surface area contributed by atoms with E-state index in [-0.39, 0.29) is 0 Å². The summed E-state index contributed by atoms with van der Waals surface area (Å²) in [6, 6.07) is 0. The van der Waals surface area contributed by atoms with Crippen LogP contribution in [0.1, 0.15) is 10.6 Å². The van der Waals surface area contributed by atoms with Crippen LogP contribution in [0, 0.1) is 6.92 Å². The highest BCUT2D eigenvalue weighted by molar-refractivity contribution is 7.09. The van der Waals surface area contributed by atoms with Crippen molar-refractivity contribution in [3.8, 4) is 0 Å².